The van der Waals surface area contributed by atoms with Gasteiger partial charge in [-0.15, -0.1) is 0 Å². The van der Waals surface area contributed by atoms with Crippen molar-refractivity contribution < 1.29 is 19.0 Å². The van der Waals surface area contributed by atoms with Gasteiger partial charge in [-0.25, -0.2) is 4.79 Å². The Balaban J connectivity index is 2.09. The molecule has 2 aromatic carbocycles. The maximum atomic E-state index is 11.4. The minimum absolute atomic E-state index is 0.182. The molecule has 2 aromatic rings. The molecule has 0 radical (unpaired) electrons. The molecule has 2 rings (SSSR count). The van der Waals surface area contributed by atoms with Gasteiger partial charge in [0.2, 0.25) is 0 Å². The smallest absolute Gasteiger partial charge is 0.344 e. The van der Waals surface area contributed by atoms with E-state index in [2.05, 4.69) is 26.5 Å². The fraction of sp³-hybridized carbons (Fsp3) is 0.263. The van der Waals surface area contributed by atoms with Crippen molar-refractivity contribution >= 4 is 33.8 Å². The fourth-order valence-corrected chi connectivity index (χ4v) is 2.58. The number of esters is 1. The van der Waals surface area contributed by atoms with Crippen LogP contribution in [0.1, 0.15) is 18.1 Å². The summed E-state index contributed by atoms with van der Waals surface area (Å²) in [5.41, 5.74) is 5.83. The summed E-state index contributed by atoms with van der Waals surface area (Å²) in [6.45, 7) is 3.89. The van der Waals surface area contributed by atoms with Gasteiger partial charge in [-0.2, -0.15) is 5.10 Å². The van der Waals surface area contributed by atoms with Crippen molar-refractivity contribution in [1.29, 1.82) is 0 Å². The average molecular weight is 421 g/mol. The number of carbonyl (C=O) groups is 1. The second-order valence-electron chi connectivity index (χ2n) is 5.36. The third kappa shape index (κ3) is 5.77. The number of hydrogen-bond acceptors (Lipinski definition) is 6. The number of methoxy groups -OCH3 is 1. The van der Waals surface area contributed by atoms with Gasteiger partial charge in [-0.05, 0) is 59.6 Å². The van der Waals surface area contributed by atoms with Crippen molar-refractivity contribution in [3.05, 3.63) is 52.0 Å². The van der Waals surface area contributed by atoms with Crippen LogP contribution >= 0.6 is 15.9 Å². The van der Waals surface area contributed by atoms with Gasteiger partial charge in [0.15, 0.2) is 18.1 Å². The monoisotopic (exact) mass is 420 g/mol. The van der Waals surface area contributed by atoms with Crippen molar-refractivity contribution in [3.63, 3.8) is 0 Å². The Morgan fingerprint density at radius 3 is 2.77 bits per heavy atom. The Morgan fingerprint density at radius 1 is 1.27 bits per heavy atom. The van der Waals surface area contributed by atoms with Crippen LogP contribution in [0.5, 0.6) is 11.5 Å². The summed E-state index contributed by atoms with van der Waals surface area (Å²) in [4.78, 5) is 11.4. The van der Waals surface area contributed by atoms with Gasteiger partial charge in [0.25, 0.3) is 0 Å². The summed E-state index contributed by atoms with van der Waals surface area (Å²) < 4.78 is 16.4. The number of nitrogens with one attached hydrogen (secondary N) is 1. The summed E-state index contributed by atoms with van der Waals surface area (Å²) in [5, 5.41) is 4.24. The predicted molar refractivity (Wildman–Crippen MR) is 105 cm³/mol. The van der Waals surface area contributed by atoms with Gasteiger partial charge in [0, 0.05) is 10.0 Å². The number of halogens is 1. The zero-order valence-corrected chi connectivity index (χ0v) is 16.5. The zero-order valence-electron chi connectivity index (χ0n) is 14.9. The molecule has 0 atom stereocenters. The van der Waals surface area contributed by atoms with E-state index in [0.717, 1.165) is 21.3 Å². The van der Waals surface area contributed by atoms with E-state index in [1.165, 1.54) is 7.11 Å². The highest BCUT2D eigenvalue weighted by Crippen LogP contribution is 2.33. The third-order valence-corrected chi connectivity index (χ3v) is 4.04. The highest BCUT2D eigenvalue weighted by molar-refractivity contribution is 9.10. The number of hydrogen-bond donors (Lipinski definition) is 1. The quantitative estimate of drug-likeness (QED) is 0.394. The molecule has 0 saturated heterocycles. The van der Waals surface area contributed by atoms with E-state index < -0.39 is 5.97 Å². The lowest BCUT2D eigenvalue weighted by Crippen LogP contribution is -2.15. The molecule has 0 aliphatic carbocycles. The molecule has 6 nitrogen and oxygen atoms in total. The molecule has 26 heavy (non-hydrogen) atoms. The van der Waals surface area contributed by atoms with Crippen molar-refractivity contribution in [2.75, 3.05) is 25.7 Å². The minimum Gasteiger partial charge on any atom is -0.493 e. The topological polar surface area (TPSA) is 69.2 Å². The standard InChI is InChI=1S/C19H21BrN2O4/c1-4-25-19(23)12-26-18-10-16(20)14(9-17(18)24-3)11-21-22-15-7-5-6-13(2)8-15/h5-11,22H,4,12H2,1-3H3/b21-11+. The molecular formula is C19H21BrN2O4. The number of benzene rings is 2. The molecule has 0 saturated carbocycles. The number of hydrazone groups is 1. The first-order valence-corrected chi connectivity index (χ1v) is 8.84. The van der Waals surface area contributed by atoms with Gasteiger partial charge in [0.05, 0.1) is 25.6 Å². The average Bonchev–Trinajstić information content (AvgIpc) is 2.61. The summed E-state index contributed by atoms with van der Waals surface area (Å²) >= 11 is 3.48. The van der Waals surface area contributed by atoms with E-state index in [0.29, 0.717) is 18.1 Å². The number of anilines is 1. The maximum absolute atomic E-state index is 11.4. The molecular weight excluding hydrogens is 400 g/mol. The van der Waals surface area contributed by atoms with Crippen molar-refractivity contribution in [3.8, 4) is 11.5 Å². The summed E-state index contributed by atoms with van der Waals surface area (Å²) in [7, 11) is 1.53. The van der Waals surface area contributed by atoms with Gasteiger partial charge in [-0.1, -0.05) is 12.1 Å². The predicted octanol–water partition coefficient (Wildman–Crippen LogP) is 4.15. The van der Waals surface area contributed by atoms with Gasteiger partial charge >= 0.3 is 5.97 Å². The van der Waals surface area contributed by atoms with Crippen LogP contribution in [0.25, 0.3) is 0 Å². The first-order valence-electron chi connectivity index (χ1n) is 8.05. The van der Waals surface area contributed by atoms with Crippen LogP contribution < -0.4 is 14.9 Å². The molecule has 138 valence electrons. The van der Waals surface area contributed by atoms with E-state index in [4.69, 9.17) is 14.2 Å². The zero-order chi connectivity index (χ0) is 18.9. The maximum Gasteiger partial charge on any atom is 0.344 e. The summed E-state index contributed by atoms with van der Waals surface area (Å²) in [6, 6.07) is 11.4. The lowest BCUT2D eigenvalue weighted by Gasteiger charge is -2.12. The highest BCUT2D eigenvalue weighted by Gasteiger charge is 2.11. The van der Waals surface area contributed by atoms with Crippen LogP contribution in [0.4, 0.5) is 5.69 Å². The Kier molecular flexibility index (Phi) is 7.47. The van der Waals surface area contributed by atoms with Crippen LogP contribution in [0.15, 0.2) is 46.0 Å². The fourth-order valence-electron chi connectivity index (χ4n) is 2.15. The number of aryl methyl sites for hydroxylation is 1. The Bertz CT molecular complexity index is 793. The SMILES string of the molecule is CCOC(=O)COc1cc(Br)c(/C=N/Nc2cccc(C)c2)cc1OC. The lowest BCUT2D eigenvalue weighted by molar-refractivity contribution is -0.145. The first-order chi connectivity index (χ1) is 12.5. The van der Waals surface area contributed by atoms with Crippen LogP contribution in [0.2, 0.25) is 0 Å². The Labute approximate surface area is 161 Å². The normalized spacial score (nSPS) is 10.6. The molecule has 0 spiro atoms. The van der Waals surface area contributed by atoms with E-state index >= 15 is 0 Å². The number of rotatable bonds is 8. The number of carbonyl (C=O) groups excluding carboxylic acids is 1. The van der Waals surface area contributed by atoms with Crippen LogP contribution in [-0.4, -0.2) is 32.5 Å². The van der Waals surface area contributed by atoms with Crippen molar-refractivity contribution in [2.24, 2.45) is 5.10 Å². The summed E-state index contributed by atoms with van der Waals surface area (Å²) in [6.07, 6.45) is 1.67. The van der Waals surface area contributed by atoms with Gasteiger partial charge in [0.1, 0.15) is 0 Å². The number of nitrogens with zero attached hydrogens (tertiary/aromatic N) is 1. The molecule has 1 N–H and O–H groups in total. The lowest BCUT2D eigenvalue weighted by atomic mass is 10.2. The summed E-state index contributed by atoms with van der Waals surface area (Å²) in [5.74, 6) is 0.504. The van der Waals surface area contributed by atoms with Crippen LogP contribution in [-0.2, 0) is 9.53 Å². The molecule has 0 aromatic heterocycles. The second-order valence-corrected chi connectivity index (χ2v) is 6.21. The molecule has 0 heterocycles. The van der Waals surface area contributed by atoms with Crippen LogP contribution in [0.3, 0.4) is 0 Å². The van der Waals surface area contributed by atoms with Gasteiger partial charge in [-0.3, -0.25) is 5.43 Å². The third-order valence-electron chi connectivity index (χ3n) is 3.35. The minimum atomic E-state index is -0.432. The highest BCUT2D eigenvalue weighted by atomic mass is 79.9. The Morgan fingerprint density at radius 2 is 2.08 bits per heavy atom. The Hall–Kier alpha value is -2.54. The molecule has 7 heteroatoms. The molecule has 0 fully saturated rings. The molecule has 0 bridgehead atoms. The van der Waals surface area contributed by atoms with E-state index in [1.54, 1.807) is 25.3 Å². The second kappa shape index (κ2) is 9.82. The first kappa shape index (κ1) is 19.8. The van der Waals surface area contributed by atoms with E-state index in [9.17, 15) is 4.79 Å². The van der Waals surface area contributed by atoms with Crippen LogP contribution in [0, 0.1) is 6.92 Å². The van der Waals surface area contributed by atoms with Gasteiger partial charge < -0.3 is 14.2 Å². The van der Waals surface area contributed by atoms with Crippen molar-refractivity contribution in [1.82, 2.24) is 0 Å². The van der Waals surface area contributed by atoms with E-state index in [1.807, 2.05) is 31.2 Å². The molecule has 0 amide bonds. The van der Waals surface area contributed by atoms with Crippen molar-refractivity contribution in [2.45, 2.75) is 13.8 Å². The molecule has 0 unspecified atom stereocenters. The molecule has 0 aliphatic rings. The largest absolute Gasteiger partial charge is 0.493 e. The number of ether oxygens (including phenoxy) is 3. The van der Waals surface area contributed by atoms with E-state index in [-0.39, 0.29) is 6.61 Å². The molecule has 0 aliphatic heterocycles.